The summed E-state index contributed by atoms with van der Waals surface area (Å²) < 4.78 is 27.3. The molecule has 2 aliphatic rings. The lowest BCUT2D eigenvalue weighted by molar-refractivity contribution is -0.204. The van der Waals surface area contributed by atoms with Gasteiger partial charge in [-0.3, -0.25) is 4.98 Å². The maximum Gasteiger partial charge on any atom is 0.165 e. The normalized spacial score (nSPS) is 27.1. The maximum absolute atomic E-state index is 6.51. The summed E-state index contributed by atoms with van der Waals surface area (Å²) in [4.78, 5) is 12.9. The van der Waals surface area contributed by atoms with Gasteiger partial charge in [-0.15, -0.1) is 0 Å². The van der Waals surface area contributed by atoms with Crippen LogP contribution in [0.3, 0.4) is 0 Å². The van der Waals surface area contributed by atoms with Crippen LogP contribution in [0.4, 0.5) is 5.82 Å². The van der Waals surface area contributed by atoms with Crippen molar-refractivity contribution in [3.63, 3.8) is 0 Å². The van der Waals surface area contributed by atoms with E-state index >= 15 is 0 Å². The van der Waals surface area contributed by atoms with Gasteiger partial charge >= 0.3 is 0 Å². The molecule has 0 radical (unpaired) electrons. The number of nitrogen functional groups attached to an aromatic ring is 1. The van der Waals surface area contributed by atoms with Crippen LogP contribution in [0.5, 0.6) is 5.75 Å². The Kier molecular flexibility index (Phi) is 4.55. The Labute approximate surface area is 190 Å². The molecule has 2 fully saturated rings. The predicted molar refractivity (Wildman–Crippen MR) is 122 cm³/mol. The molecular formula is C24H25N5O4. The predicted octanol–water partition coefficient (Wildman–Crippen LogP) is 3.45. The van der Waals surface area contributed by atoms with E-state index in [2.05, 4.69) is 15.0 Å². The molecule has 0 bridgehead atoms. The minimum absolute atomic E-state index is 0.303. The molecule has 5 heterocycles. The zero-order valence-corrected chi connectivity index (χ0v) is 18.6. The van der Waals surface area contributed by atoms with Crippen LogP contribution in [0.25, 0.3) is 21.9 Å². The molecule has 0 saturated carbocycles. The molecule has 2 aliphatic heterocycles. The fourth-order valence-corrected chi connectivity index (χ4v) is 4.81. The molecule has 2 N–H and O–H groups in total. The fraction of sp³-hybridized carbons (Fsp3) is 0.375. The van der Waals surface area contributed by atoms with Gasteiger partial charge in [-0.25, -0.2) is 9.97 Å². The highest BCUT2D eigenvalue weighted by molar-refractivity contribution is 5.86. The molecule has 1 unspecified atom stereocenters. The first-order valence-corrected chi connectivity index (χ1v) is 11.0. The number of ether oxygens (including phenoxy) is 4. The van der Waals surface area contributed by atoms with Crippen LogP contribution in [0.2, 0.25) is 0 Å². The van der Waals surface area contributed by atoms with Gasteiger partial charge in [-0.05, 0) is 45.0 Å². The number of fused-ring (bicyclic) bond motifs is 3. The summed E-state index contributed by atoms with van der Waals surface area (Å²) in [5, 5.41) is 1.83. The Bertz CT molecular complexity index is 1340. The SMILES string of the molecule is CC(Oc1ccc2cccnc2c1)[C@H]1O[C@@H](n2ccc3c(N)ncnc32)[C@@H]2OC(C)(C)O[C@@H]21. The highest BCUT2D eigenvalue weighted by Crippen LogP contribution is 2.45. The Hall–Kier alpha value is -3.27. The van der Waals surface area contributed by atoms with Crippen LogP contribution in [0.15, 0.2) is 55.1 Å². The van der Waals surface area contributed by atoms with E-state index in [9.17, 15) is 0 Å². The van der Waals surface area contributed by atoms with Gasteiger partial charge in [0.25, 0.3) is 0 Å². The van der Waals surface area contributed by atoms with E-state index < -0.39 is 12.0 Å². The van der Waals surface area contributed by atoms with E-state index in [0.717, 1.165) is 22.0 Å². The number of benzene rings is 1. The maximum atomic E-state index is 6.51. The van der Waals surface area contributed by atoms with Gasteiger partial charge in [0, 0.05) is 23.8 Å². The average Bonchev–Trinajstić information content (AvgIpc) is 3.45. The molecule has 9 heteroatoms. The van der Waals surface area contributed by atoms with Gasteiger partial charge in [0.05, 0.1) is 10.9 Å². The fourth-order valence-electron chi connectivity index (χ4n) is 4.81. The number of rotatable bonds is 4. The zero-order chi connectivity index (χ0) is 22.7. The summed E-state index contributed by atoms with van der Waals surface area (Å²) in [6, 6.07) is 11.7. The summed E-state index contributed by atoms with van der Waals surface area (Å²) in [7, 11) is 0. The quantitative estimate of drug-likeness (QED) is 0.507. The molecule has 4 aromatic rings. The van der Waals surface area contributed by atoms with Crippen LogP contribution in [0, 0.1) is 0 Å². The Balaban J connectivity index is 1.31. The second-order valence-corrected chi connectivity index (χ2v) is 8.96. The molecule has 3 aromatic heterocycles. The van der Waals surface area contributed by atoms with Gasteiger partial charge in [0.15, 0.2) is 12.0 Å². The summed E-state index contributed by atoms with van der Waals surface area (Å²) in [5.41, 5.74) is 7.60. The third kappa shape index (κ3) is 3.40. The van der Waals surface area contributed by atoms with Gasteiger partial charge in [-0.1, -0.05) is 6.07 Å². The van der Waals surface area contributed by atoms with E-state index in [4.69, 9.17) is 24.7 Å². The number of nitrogens with zero attached hydrogens (tertiary/aromatic N) is 4. The molecular weight excluding hydrogens is 422 g/mol. The third-order valence-corrected chi connectivity index (χ3v) is 6.24. The number of hydrogen-bond acceptors (Lipinski definition) is 8. The van der Waals surface area contributed by atoms with Crippen molar-refractivity contribution in [1.82, 2.24) is 19.5 Å². The van der Waals surface area contributed by atoms with Gasteiger partial charge in [0.2, 0.25) is 0 Å². The van der Waals surface area contributed by atoms with Crippen molar-refractivity contribution in [3.8, 4) is 5.75 Å². The molecule has 1 aromatic carbocycles. The molecule has 0 amide bonds. The summed E-state index contributed by atoms with van der Waals surface area (Å²) in [5.74, 6) is 0.414. The average molecular weight is 447 g/mol. The van der Waals surface area contributed by atoms with E-state index in [0.29, 0.717) is 11.5 Å². The Morgan fingerprint density at radius 2 is 1.94 bits per heavy atom. The number of pyridine rings is 1. The molecule has 6 rings (SSSR count). The van der Waals surface area contributed by atoms with E-state index in [1.807, 2.05) is 67.9 Å². The van der Waals surface area contributed by atoms with Gasteiger partial charge < -0.3 is 29.2 Å². The van der Waals surface area contributed by atoms with Gasteiger partial charge in [-0.2, -0.15) is 0 Å². The van der Waals surface area contributed by atoms with E-state index in [1.54, 1.807) is 6.20 Å². The van der Waals surface area contributed by atoms with Crippen molar-refractivity contribution in [2.45, 2.75) is 57.2 Å². The first-order chi connectivity index (χ1) is 15.9. The van der Waals surface area contributed by atoms with Crippen LogP contribution in [-0.4, -0.2) is 49.7 Å². The molecule has 33 heavy (non-hydrogen) atoms. The number of hydrogen-bond donors (Lipinski definition) is 1. The highest BCUT2D eigenvalue weighted by atomic mass is 16.8. The topological polar surface area (TPSA) is 107 Å². The lowest BCUT2D eigenvalue weighted by Gasteiger charge is -2.28. The number of nitrogens with two attached hydrogens (primary N) is 1. The van der Waals surface area contributed by atoms with Crippen molar-refractivity contribution in [3.05, 3.63) is 55.1 Å². The van der Waals surface area contributed by atoms with Gasteiger partial charge in [0.1, 0.15) is 48.0 Å². The molecule has 2 saturated heterocycles. The first kappa shape index (κ1) is 20.3. The standard InChI is InChI=1S/C24H25N5O4/c1-13(30-15-7-6-14-5-4-9-26-17(14)11-15)18-19-20(33-24(2,3)32-19)23(31-18)29-10-8-16-21(25)27-12-28-22(16)29/h4-13,18-20,23H,1-3H3,(H2,25,27,28)/t13?,18-,19-,20-,23-/m1/s1. The minimum Gasteiger partial charge on any atom is -0.488 e. The van der Waals surface area contributed by atoms with Crippen LogP contribution >= 0.6 is 0 Å². The van der Waals surface area contributed by atoms with Crippen molar-refractivity contribution in [2.75, 3.05) is 5.73 Å². The summed E-state index contributed by atoms with van der Waals surface area (Å²) in [6.07, 6.45) is 3.37. The van der Waals surface area contributed by atoms with Crippen molar-refractivity contribution in [2.24, 2.45) is 0 Å². The summed E-state index contributed by atoms with van der Waals surface area (Å²) >= 11 is 0. The Morgan fingerprint density at radius 1 is 1.09 bits per heavy atom. The largest absolute Gasteiger partial charge is 0.488 e. The van der Waals surface area contributed by atoms with Crippen molar-refractivity contribution < 1.29 is 18.9 Å². The van der Waals surface area contributed by atoms with Crippen LogP contribution < -0.4 is 10.5 Å². The van der Waals surface area contributed by atoms with E-state index in [-0.39, 0.29) is 24.4 Å². The third-order valence-electron chi connectivity index (χ3n) is 6.24. The van der Waals surface area contributed by atoms with E-state index in [1.165, 1.54) is 6.33 Å². The minimum atomic E-state index is -0.737. The second kappa shape index (κ2) is 7.38. The molecule has 170 valence electrons. The lowest BCUT2D eigenvalue weighted by atomic mass is 10.1. The zero-order valence-electron chi connectivity index (χ0n) is 18.6. The van der Waals surface area contributed by atoms with Crippen LogP contribution in [0.1, 0.15) is 27.0 Å². The van der Waals surface area contributed by atoms with Crippen LogP contribution in [-0.2, 0) is 14.2 Å². The smallest absolute Gasteiger partial charge is 0.165 e. The van der Waals surface area contributed by atoms with Crippen molar-refractivity contribution in [1.29, 1.82) is 0 Å². The Morgan fingerprint density at radius 3 is 2.82 bits per heavy atom. The number of anilines is 1. The molecule has 5 atom stereocenters. The molecule has 0 spiro atoms. The monoisotopic (exact) mass is 447 g/mol. The highest BCUT2D eigenvalue weighted by Gasteiger charge is 2.57. The molecule has 9 nitrogen and oxygen atoms in total. The van der Waals surface area contributed by atoms with Crippen molar-refractivity contribution >= 4 is 27.8 Å². The molecule has 0 aliphatic carbocycles. The number of aromatic nitrogens is 4. The second-order valence-electron chi connectivity index (χ2n) is 8.96. The lowest BCUT2D eigenvalue weighted by Crippen LogP contribution is -2.40. The summed E-state index contributed by atoms with van der Waals surface area (Å²) in [6.45, 7) is 5.80. The first-order valence-electron chi connectivity index (χ1n) is 11.0.